The lowest BCUT2D eigenvalue weighted by Crippen LogP contribution is -2.17. The summed E-state index contributed by atoms with van der Waals surface area (Å²) in [6.45, 7) is 3.14. The highest BCUT2D eigenvalue weighted by Crippen LogP contribution is 2.22. The third-order valence-corrected chi connectivity index (χ3v) is 2.65. The first-order valence-corrected chi connectivity index (χ1v) is 5.09. The summed E-state index contributed by atoms with van der Waals surface area (Å²) in [5.74, 6) is 1.02. The summed E-state index contributed by atoms with van der Waals surface area (Å²) in [6.07, 6.45) is 1.22. The summed E-state index contributed by atoms with van der Waals surface area (Å²) >= 11 is 0. The van der Waals surface area contributed by atoms with E-state index < -0.39 is 0 Å². The minimum absolute atomic E-state index is 0.332. The molecule has 1 aromatic rings. The van der Waals surface area contributed by atoms with Crippen molar-refractivity contribution in [3.05, 3.63) is 24.3 Å². The number of para-hydroxylation sites is 2. The number of aromatic hydroxyl groups is 1. The molecule has 3 N–H and O–H groups in total. The van der Waals surface area contributed by atoms with E-state index in [4.69, 9.17) is 0 Å². The molecule has 3 heteroatoms. The second kappa shape index (κ2) is 4.33. The van der Waals surface area contributed by atoms with E-state index in [0.717, 1.165) is 25.3 Å². The topological polar surface area (TPSA) is 44.3 Å². The molecule has 3 nitrogen and oxygen atoms in total. The predicted octanol–water partition coefficient (Wildman–Crippen LogP) is 1.41. The van der Waals surface area contributed by atoms with Crippen LogP contribution < -0.4 is 10.6 Å². The number of hydrogen-bond acceptors (Lipinski definition) is 3. The van der Waals surface area contributed by atoms with E-state index in [9.17, 15) is 5.11 Å². The number of nitrogens with one attached hydrogen (secondary N) is 2. The zero-order chi connectivity index (χ0) is 9.80. The fourth-order valence-corrected chi connectivity index (χ4v) is 1.77. The third-order valence-electron chi connectivity index (χ3n) is 2.65. The highest BCUT2D eigenvalue weighted by Gasteiger charge is 2.13. The van der Waals surface area contributed by atoms with Gasteiger partial charge in [-0.3, -0.25) is 0 Å². The third kappa shape index (κ3) is 2.17. The molecule has 0 aliphatic carbocycles. The summed E-state index contributed by atoms with van der Waals surface area (Å²) in [5, 5.41) is 16.1. The van der Waals surface area contributed by atoms with Crippen molar-refractivity contribution in [2.75, 3.05) is 25.0 Å². The van der Waals surface area contributed by atoms with Crippen LogP contribution in [0.1, 0.15) is 6.42 Å². The number of phenols is 1. The SMILES string of the molecule is Oc1ccccc1NCC1CCNC1. The highest BCUT2D eigenvalue weighted by molar-refractivity contribution is 5.55. The fourth-order valence-electron chi connectivity index (χ4n) is 1.77. The Morgan fingerprint density at radius 1 is 1.43 bits per heavy atom. The Balaban J connectivity index is 1.88. The maximum Gasteiger partial charge on any atom is 0.138 e. The molecule has 0 amide bonds. The summed E-state index contributed by atoms with van der Waals surface area (Å²) in [6, 6.07) is 7.36. The van der Waals surface area contributed by atoms with E-state index in [0.29, 0.717) is 11.7 Å². The number of rotatable bonds is 3. The molecule has 0 aromatic heterocycles. The zero-order valence-electron chi connectivity index (χ0n) is 8.16. The van der Waals surface area contributed by atoms with Gasteiger partial charge in [0.15, 0.2) is 0 Å². The molecule has 1 atom stereocenters. The van der Waals surface area contributed by atoms with Gasteiger partial charge in [-0.25, -0.2) is 0 Å². The van der Waals surface area contributed by atoms with Crippen LogP contribution in [0, 0.1) is 5.92 Å². The fraction of sp³-hybridized carbons (Fsp3) is 0.455. The van der Waals surface area contributed by atoms with Crippen LogP contribution in [-0.2, 0) is 0 Å². The van der Waals surface area contributed by atoms with Gasteiger partial charge in [0.2, 0.25) is 0 Å². The first-order valence-electron chi connectivity index (χ1n) is 5.09. The zero-order valence-corrected chi connectivity index (χ0v) is 8.16. The molecule has 1 heterocycles. The van der Waals surface area contributed by atoms with E-state index in [1.165, 1.54) is 6.42 Å². The summed E-state index contributed by atoms with van der Waals surface area (Å²) in [5.41, 5.74) is 0.833. The maximum atomic E-state index is 9.51. The molecule has 14 heavy (non-hydrogen) atoms. The molecule has 0 spiro atoms. The Morgan fingerprint density at radius 2 is 2.29 bits per heavy atom. The molecular formula is C11H16N2O. The lowest BCUT2D eigenvalue weighted by atomic mass is 10.1. The maximum absolute atomic E-state index is 9.51. The number of phenolic OH excluding ortho intramolecular Hbond substituents is 1. The predicted molar refractivity (Wildman–Crippen MR) is 57.6 cm³/mol. The van der Waals surface area contributed by atoms with Gasteiger partial charge >= 0.3 is 0 Å². The minimum atomic E-state index is 0.332. The van der Waals surface area contributed by atoms with Gasteiger partial charge in [-0.15, -0.1) is 0 Å². The molecule has 1 aromatic carbocycles. The van der Waals surface area contributed by atoms with Crippen molar-refractivity contribution < 1.29 is 5.11 Å². The van der Waals surface area contributed by atoms with Crippen LogP contribution in [0.5, 0.6) is 5.75 Å². The van der Waals surface area contributed by atoms with Gasteiger partial charge in [-0.2, -0.15) is 0 Å². The van der Waals surface area contributed by atoms with Gasteiger partial charge in [0.1, 0.15) is 5.75 Å². The molecule has 0 saturated carbocycles. The van der Waals surface area contributed by atoms with E-state index in [1.807, 2.05) is 18.2 Å². The normalized spacial score (nSPS) is 21.0. The number of anilines is 1. The lowest BCUT2D eigenvalue weighted by Gasteiger charge is -2.11. The smallest absolute Gasteiger partial charge is 0.138 e. The molecule has 1 aliphatic heterocycles. The summed E-state index contributed by atoms with van der Waals surface area (Å²) < 4.78 is 0. The Hall–Kier alpha value is -1.22. The van der Waals surface area contributed by atoms with E-state index in [1.54, 1.807) is 6.07 Å². The second-order valence-electron chi connectivity index (χ2n) is 3.76. The van der Waals surface area contributed by atoms with Crippen LogP contribution in [0.25, 0.3) is 0 Å². The Labute approximate surface area is 84.1 Å². The van der Waals surface area contributed by atoms with Crippen molar-refractivity contribution >= 4 is 5.69 Å². The van der Waals surface area contributed by atoms with Crippen LogP contribution in [0.15, 0.2) is 24.3 Å². The van der Waals surface area contributed by atoms with Crippen molar-refractivity contribution in [3.63, 3.8) is 0 Å². The average Bonchev–Trinajstić information content (AvgIpc) is 2.69. The second-order valence-corrected chi connectivity index (χ2v) is 3.76. The quantitative estimate of drug-likeness (QED) is 0.634. The first kappa shape index (κ1) is 9.34. The molecule has 1 saturated heterocycles. The van der Waals surface area contributed by atoms with Crippen molar-refractivity contribution in [2.24, 2.45) is 5.92 Å². The molecule has 1 fully saturated rings. The number of benzene rings is 1. The van der Waals surface area contributed by atoms with Gasteiger partial charge in [0, 0.05) is 6.54 Å². The van der Waals surface area contributed by atoms with Crippen LogP contribution in [-0.4, -0.2) is 24.7 Å². The Morgan fingerprint density at radius 3 is 3.00 bits per heavy atom. The van der Waals surface area contributed by atoms with Crippen LogP contribution in [0.2, 0.25) is 0 Å². The van der Waals surface area contributed by atoms with Gasteiger partial charge in [0.05, 0.1) is 5.69 Å². The van der Waals surface area contributed by atoms with Crippen LogP contribution >= 0.6 is 0 Å². The standard InChI is InChI=1S/C11H16N2O/c14-11-4-2-1-3-10(11)13-8-9-5-6-12-7-9/h1-4,9,12-14H,5-8H2. The van der Waals surface area contributed by atoms with Crippen molar-refractivity contribution in [1.82, 2.24) is 5.32 Å². The molecule has 1 aliphatic rings. The van der Waals surface area contributed by atoms with E-state index in [-0.39, 0.29) is 0 Å². The molecule has 76 valence electrons. The molecular weight excluding hydrogens is 176 g/mol. The monoisotopic (exact) mass is 192 g/mol. The van der Waals surface area contributed by atoms with Gasteiger partial charge in [-0.05, 0) is 37.6 Å². The van der Waals surface area contributed by atoms with Gasteiger partial charge < -0.3 is 15.7 Å². The van der Waals surface area contributed by atoms with Gasteiger partial charge in [-0.1, -0.05) is 12.1 Å². The largest absolute Gasteiger partial charge is 0.506 e. The Bertz CT molecular complexity index is 295. The summed E-state index contributed by atoms with van der Waals surface area (Å²) in [4.78, 5) is 0. The average molecular weight is 192 g/mol. The minimum Gasteiger partial charge on any atom is -0.506 e. The van der Waals surface area contributed by atoms with Crippen LogP contribution in [0.3, 0.4) is 0 Å². The summed E-state index contributed by atoms with van der Waals surface area (Å²) in [7, 11) is 0. The highest BCUT2D eigenvalue weighted by atomic mass is 16.3. The van der Waals surface area contributed by atoms with Crippen molar-refractivity contribution in [1.29, 1.82) is 0 Å². The van der Waals surface area contributed by atoms with E-state index in [2.05, 4.69) is 10.6 Å². The van der Waals surface area contributed by atoms with Gasteiger partial charge in [0.25, 0.3) is 0 Å². The van der Waals surface area contributed by atoms with Crippen molar-refractivity contribution in [3.8, 4) is 5.75 Å². The molecule has 2 rings (SSSR count). The molecule has 1 unspecified atom stereocenters. The number of hydrogen-bond donors (Lipinski definition) is 3. The molecule has 0 bridgehead atoms. The first-order chi connectivity index (χ1) is 6.86. The van der Waals surface area contributed by atoms with Crippen molar-refractivity contribution in [2.45, 2.75) is 6.42 Å². The molecule has 0 radical (unpaired) electrons. The lowest BCUT2D eigenvalue weighted by molar-refractivity contribution is 0.476. The van der Waals surface area contributed by atoms with Crippen LogP contribution in [0.4, 0.5) is 5.69 Å². The Kier molecular flexibility index (Phi) is 2.89. The van der Waals surface area contributed by atoms with E-state index >= 15 is 0 Å².